The van der Waals surface area contributed by atoms with E-state index in [4.69, 9.17) is 14.7 Å². The Balaban J connectivity index is 2.07. The van der Waals surface area contributed by atoms with E-state index >= 15 is 0 Å². The minimum absolute atomic E-state index is 0.0128. The first-order valence-electron chi connectivity index (χ1n) is 7.42. The van der Waals surface area contributed by atoms with E-state index in [2.05, 4.69) is 0 Å². The molecule has 0 saturated carbocycles. The van der Waals surface area contributed by atoms with Crippen molar-refractivity contribution in [2.24, 2.45) is 0 Å². The Kier molecular flexibility index (Phi) is 5.85. The minimum atomic E-state index is -4.48. The number of hydrogen-bond acceptors (Lipinski definition) is 4. The smallest absolute Gasteiger partial charge is 0.382 e. The molecular weight excluding hydrogens is 309 g/mol. The van der Waals surface area contributed by atoms with Gasteiger partial charge >= 0.3 is 6.18 Å². The Morgan fingerprint density at radius 1 is 1.26 bits per heavy atom. The maximum absolute atomic E-state index is 13.2. The molecular formula is C16H19F3N2O2. The number of anilines is 1. The maximum atomic E-state index is 13.2. The van der Waals surface area contributed by atoms with Crippen LogP contribution in [0.25, 0.3) is 0 Å². The fourth-order valence-electron chi connectivity index (χ4n) is 2.67. The quantitative estimate of drug-likeness (QED) is 0.779. The number of nitriles is 1. The molecule has 0 atom stereocenters. The van der Waals surface area contributed by atoms with Gasteiger partial charge in [-0.05, 0) is 31.0 Å². The molecule has 1 fully saturated rings. The summed E-state index contributed by atoms with van der Waals surface area (Å²) in [6.07, 6.45) is -3.09. The first-order chi connectivity index (χ1) is 11.0. The molecule has 1 aliphatic heterocycles. The third-order valence-corrected chi connectivity index (χ3v) is 3.85. The largest absolute Gasteiger partial charge is 0.418 e. The SMILES string of the molecule is COCCOC1CCN(c2ccc(C#N)cc2C(F)(F)F)CC1. The molecule has 1 aromatic rings. The van der Waals surface area contributed by atoms with Crippen molar-refractivity contribution in [3.63, 3.8) is 0 Å². The zero-order valence-corrected chi connectivity index (χ0v) is 12.9. The van der Waals surface area contributed by atoms with Gasteiger partial charge in [-0.2, -0.15) is 18.4 Å². The van der Waals surface area contributed by atoms with Crippen molar-refractivity contribution in [3.8, 4) is 6.07 Å². The molecule has 1 heterocycles. The van der Waals surface area contributed by atoms with Crippen LogP contribution in [0.5, 0.6) is 0 Å². The number of nitrogens with zero attached hydrogens (tertiary/aromatic N) is 2. The van der Waals surface area contributed by atoms with Gasteiger partial charge in [-0.15, -0.1) is 0 Å². The van der Waals surface area contributed by atoms with Gasteiger partial charge < -0.3 is 14.4 Å². The molecule has 23 heavy (non-hydrogen) atoms. The number of benzene rings is 1. The third kappa shape index (κ3) is 4.60. The highest BCUT2D eigenvalue weighted by Gasteiger charge is 2.36. The van der Waals surface area contributed by atoms with E-state index in [9.17, 15) is 13.2 Å². The van der Waals surface area contributed by atoms with Gasteiger partial charge in [-0.25, -0.2) is 0 Å². The van der Waals surface area contributed by atoms with Gasteiger partial charge in [0.1, 0.15) is 0 Å². The molecule has 126 valence electrons. The second-order valence-corrected chi connectivity index (χ2v) is 5.39. The van der Waals surface area contributed by atoms with Gasteiger partial charge in [0.25, 0.3) is 0 Å². The first-order valence-corrected chi connectivity index (χ1v) is 7.42. The van der Waals surface area contributed by atoms with Gasteiger partial charge in [0, 0.05) is 25.9 Å². The molecule has 0 radical (unpaired) electrons. The number of methoxy groups -OCH3 is 1. The Hall–Kier alpha value is -1.78. The molecule has 0 amide bonds. The molecule has 7 heteroatoms. The number of alkyl halides is 3. The first kappa shape index (κ1) is 17.6. The minimum Gasteiger partial charge on any atom is -0.382 e. The summed E-state index contributed by atoms with van der Waals surface area (Å²) in [5.74, 6) is 0. The van der Waals surface area contributed by atoms with Crippen LogP contribution in [0.15, 0.2) is 18.2 Å². The van der Waals surface area contributed by atoms with Crippen molar-refractivity contribution in [2.45, 2.75) is 25.1 Å². The summed E-state index contributed by atoms with van der Waals surface area (Å²) in [4.78, 5) is 1.71. The van der Waals surface area contributed by atoms with Gasteiger partial charge in [0.15, 0.2) is 0 Å². The molecule has 1 aliphatic rings. The second-order valence-electron chi connectivity index (χ2n) is 5.39. The molecule has 2 rings (SSSR count). The molecule has 0 unspecified atom stereocenters. The molecule has 0 aliphatic carbocycles. The normalized spacial score (nSPS) is 16.4. The average molecular weight is 328 g/mol. The lowest BCUT2D eigenvalue weighted by atomic mass is 10.0. The zero-order chi connectivity index (χ0) is 16.9. The monoisotopic (exact) mass is 328 g/mol. The third-order valence-electron chi connectivity index (χ3n) is 3.85. The zero-order valence-electron chi connectivity index (χ0n) is 12.9. The summed E-state index contributed by atoms with van der Waals surface area (Å²) >= 11 is 0. The lowest BCUT2D eigenvalue weighted by Gasteiger charge is -2.35. The van der Waals surface area contributed by atoms with E-state index in [1.807, 2.05) is 0 Å². The summed E-state index contributed by atoms with van der Waals surface area (Å²) in [6, 6.07) is 5.47. The van der Waals surface area contributed by atoms with Gasteiger partial charge in [-0.1, -0.05) is 0 Å². The fraction of sp³-hybridized carbons (Fsp3) is 0.562. The van der Waals surface area contributed by atoms with Crippen LogP contribution in [0.2, 0.25) is 0 Å². The van der Waals surface area contributed by atoms with E-state index in [0.717, 1.165) is 6.07 Å². The number of rotatable bonds is 5. The highest BCUT2D eigenvalue weighted by Crippen LogP contribution is 2.38. The molecule has 0 aromatic heterocycles. The van der Waals surface area contributed by atoms with Crippen LogP contribution in [-0.4, -0.2) is 39.5 Å². The summed E-state index contributed by atoms with van der Waals surface area (Å²) < 4.78 is 50.2. The van der Waals surface area contributed by atoms with Crippen molar-refractivity contribution in [3.05, 3.63) is 29.3 Å². The van der Waals surface area contributed by atoms with E-state index in [1.165, 1.54) is 12.1 Å². The van der Waals surface area contributed by atoms with Crippen LogP contribution < -0.4 is 4.90 Å². The number of hydrogen-bond donors (Lipinski definition) is 0. The van der Waals surface area contributed by atoms with E-state index in [0.29, 0.717) is 39.1 Å². The van der Waals surface area contributed by atoms with Crippen molar-refractivity contribution in [1.82, 2.24) is 0 Å². The Labute approximate surface area is 133 Å². The van der Waals surface area contributed by atoms with Gasteiger partial charge in [0.2, 0.25) is 0 Å². The highest BCUT2D eigenvalue weighted by molar-refractivity contribution is 5.58. The van der Waals surface area contributed by atoms with Crippen molar-refractivity contribution < 1.29 is 22.6 Å². The highest BCUT2D eigenvalue weighted by atomic mass is 19.4. The van der Waals surface area contributed by atoms with E-state index in [-0.39, 0.29) is 17.4 Å². The second kappa shape index (κ2) is 7.66. The van der Waals surface area contributed by atoms with Gasteiger partial charge in [-0.3, -0.25) is 0 Å². The topological polar surface area (TPSA) is 45.5 Å². The Morgan fingerprint density at radius 2 is 1.96 bits per heavy atom. The molecule has 0 bridgehead atoms. The predicted molar refractivity (Wildman–Crippen MR) is 79.2 cm³/mol. The Morgan fingerprint density at radius 3 is 2.52 bits per heavy atom. The van der Waals surface area contributed by atoms with Crippen LogP contribution >= 0.6 is 0 Å². The number of halogens is 3. The standard InChI is InChI=1S/C16H19F3N2O2/c1-22-8-9-23-13-4-6-21(7-5-13)15-3-2-12(11-20)10-14(15)16(17,18)19/h2-3,10,13H,4-9H2,1H3. The fourth-order valence-corrected chi connectivity index (χ4v) is 2.67. The average Bonchev–Trinajstić information content (AvgIpc) is 2.54. The summed E-state index contributed by atoms with van der Waals surface area (Å²) in [7, 11) is 1.59. The van der Waals surface area contributed by atoms with Crippen molar-refractivity contribution >= 4 is 5.69 Å². The molecule has 4 nitrogen and oxygen atoms in total. The maximum Gasteiger partial charge on any atom is 0.418 e. The summed E-state index contributed by atoms with van der Waals surface area (Å²) in [5.41, 5.74) is -0.610. The Bertz CT molecular complexity index is 561. The molecule has 0 spiro atoms. The lowest BCUT2D eigenvalue weighted by molar-refractivity contribution is -0.137. The van der Waals surface area contributed by atoms with Crippen LogP contribution in [0.1, 0.15) is 24.0 Å². The predicted octanol–water partition coefficient (Wildman–Crippen LogP) is 3.21. The molecule has 1 saturated heterocycles. The van der Waals surface area contributed by atoms with E-state index in [1.54, 1.807) is 18.1 Å². The number of piperidine rings is 1. The van der Waals surface area contributed by atoms with E-state index < -0.39 is 11.7 Å². The number of ether oxygens (including phenoxy) is 2. The van der Waals surface area contributed by atoms with Crippen molar-refractivity contribution in [2.75, 3.05) is 38.3 Å². The van der Waals surface area contributed by atoms with Crippen LogP contribution in [0, 0.1) is 11.3 Å². The van der Waals surface area contributed by atoms with Crippen LogP contribution in [-0.2, 0) is 15.7 Å². The molecule has 0 N–H and O–H groups in total. The lowest BCUT2D eigenvalue weighted by Crippen LogP contribution is -2.38. The van der Waals surface area contributed by atoms with Gasteiger partial charge in [0.05, 0.1) is 36.5 Å². The van der Waals surface area contributed by atoms with Crippen LogP contribution in [0.3, 0.4) is 0 Å². The summed E-state index contributed by atoms with van der Waals surface area (Å²) in [6.45, 7) is 1.99. The van der Waals surface area contributed by atoms with Crippen LogP contribution in [0.4, 0.5) is 18.9 Å². The summed E-state index contributed by atoms with van der Waals surface area (Å²) in [5, 5.41) is 8.81. The van der Waals surface area contributed by atoms with Crippen molar-refractivity contribution in [1.29, 1.82) is 5.26 Å². The molecule has 1 aromatic carbocycles.